The van der Waals surface area contributed by atoms with Gasteiger partial charge >= 0.3 is 0 Å². The molecule has 0 amide bonds. The van der Waals surface area contributed by atoms with Crippen LogP contribution in [0.2, 0.25) is 0 Å². The van der Waals surface area contributed by atoms with Gasteiger partial charge in [0.15, 0.2) is 0 Å². The molecule has 0 aromatic carbocycles. The number of aryl methyl sites for hydroxylation is 1. The minimum Gasteiger partial charge on any atom is -0.316 e. The minimum atomic E-state index is 0.683. The maximum absolute atomic E-state index is 4.69. The van der Waals surface area contributed by atoms with E-state index < -0.39 is 0 Å². The molecule has 0 radical (unpaired) electrons. The summed E-state index contributed by atoms with van der Waals surface area (Å²) in [5.41, 5.74) is 4.46. The van der Waals surface area contributed by atoms with Crippen molar-refractivity contribution in [3.05, 3.63) is 17.0 Å². The Morgan fingerprint density at radius 1 is 1.43 bits per heavy atom. The Hall–Kier alpha value is -0.830. The minimum absolute atomic E-state index is 0.683. The van der Waals surface area contributed by atoms with Gasteiger partial charge in [0.2, 0.25) is 0 Å². The Labute approximate surface area is 84.5 Å². The summed E-state index contributed by atoms with van der Waals surface area (Å²) in [6.45, 7) is 2.29. The highest BCUT2D eigenvalue weighted by Crippen LogP contribution is 2.31. The van der Waals surface area contributed by atoms with Crippen molar-refractivity contribution >= 4 is 0 Å². The first kappa shape index (κ1) is 8.48. The summed E-state index contributed by atoms with van der Waals surface area (Å²) in [5, 5.41) is 8.11. The fourth-order valence-corrected chi connectivity index (χ4v) is 2.86. The van der Waals surface area contributed by atoms with E-state index >= 15 is 0 Å². The monoisotopic (exact) mass is 191 g/mol. The molecule has 3 heteroatoms. The van der Waals surface area contributed by atoms with Crippen molar-refractivity contribution in [1.82, 2.24) is 15.1 Å². The van der Waals surface area contributed by atoms with Crippen LogP contribution in [-0.4, -0.2) is 22.9 Å². The smallest absolute Gasteiger partial charge is 0.0703 e. The maximum Gasteiger partial charge on any atom is 0.0703 e. The molecule has 1 fully saturated rings. The van der Waals surface area contributed by atoms with Gasteiger partial charge in [0.1, 0.15) is 0 Å². The van der Waals surface area contributed by atoms with E-state index in [0.717, 1.165) is 13.1 Å². The van der Waals surface area contributed by atoms with Gasteiger partial charge in [-0.25, -0.2) is 0 Å². The Morgan fingerprint density at radius 2 is 2.36 bits per heavy atom. The fraction of sp³-hybridized carbons (Fsp3) is 0.727. The number of nitrogens with zero attached hydrogens (tertiary/aromatic N) is 2. The van der Waals surface area contributed by atoms with Crippen LogP contribution in [0.4, 0.5) is 0 Å². The third kappa shape index (κ3) is 1.12. The zero-order chi connectivity index (χ0) is 9.54. The van der Waals surface area contributed by atoms with Crippen molar-refractivity contribution in [1.29, 1.82) is 0 Å². The molecular formula is C11H17N3. The largest absolute Gasteiger partial charge is 0.316 e. The van der Waals surface area contributed by atoms with Crippen LogP contribution >= 0.6 is 0 Å². The molecule has 2 aliphatic rings. The van der Waals surface area contributed by atoms with Crippen LogP contribution in [0, 0.1) is 0 Å². The van der Waals surface area contributed by atoms with Crippen LogP contribution in [0.3, 0.4) is 0 Å². The molecule has 1 unspecified atom stereocenters. The lowest BCUT2D eigenvalue weighted by atomic mass is 10.00. The van der Waals surface area contributed by atoms with E-state index in [1.807, 2.05) is 0 Å². The molecule has 76 valence electrons. The first-order valence-electron chi connectivity index (χ1n) is 5.61. The van der Waals surface area contributed by atoms with Crippen molar-refractivity contribution in [2.24, 2.45) is 7.05 Å². The Kier molecular flexibility index (Phi) is 1.87. The zero-order valence-corrected chi connectivity index (χ0v) is 8.71. The van der Waals surface area contributed by atoms with Gasteiger partial charge < -0.3 is 5.32 Å². The molecule has 3 rings (SSSR count). The van der Waals surface area contributed by atoms with Gasteiger partial charge in [0.25, 0.3) is 0 Å². The second kappa shape index (κ2) is 3.09. The number of nitrogens with one attached hydrogen (secondary N) is 1. The number of hydrogen-bond acceptors (Lipinski definition) is 2. The van der Waals surface area contributed by atoms with E-state index in [9.17, 15) is 0 Å². The quantitative estimate of drug-likeness (QED) is 0.717. The number of aromatic nitrogens is 2. The molecule has 1 atom stereocenters. The first-order valence-corrected chi connectivity index (χ1v) is 5.61. The van der Waals surface area contributed by atoms with Gasteiger partial charge in [-0.15, -0.1) is 0 Å². The Bertz CT molecular complexity index is 348. The van der Waals surface area contributed by atoms with Gasteiger partial charge in [-0.1, -0.05) is 0 Å². The number of rotatable bonds is 1. The molecule has 14 heavy (non-hydrogen) atoms. The van der Waals surface area contributed by atoms with Crippen molar-refractivity contribution < 1.29 is 0 Å². The molecule has 0 saturated carbocycles. The lowest BCUT2D eigenvalue weighted by Crippen LogP contribution is -2.09. The Balaban J connectivity index is 2.01. The summed E-state index contributed by atoms with van der Waals surface area (Å²) in [6, 6.07) is 0. The second-order valence-electron chi connectivity index (χ2n) is 4.48. The summed E-state index contributed by atoms with van der Waals surface area (Å²) in [4.78, 5) is 0. The second-order valence-corrected chi connectivity index (χ2v) is 4.48. The Morgan fingerprint density at radius 3 is 3.14 bits per heavy atom. The highest BCUT2D eigenvalue weighted by Gasteiger charge is 2.27. The van der Waals surface area contributed by atoms with Crippen molar-refractivity contribution in [2.75, 3.05) is 13.1 Å². The molecule has 1 aromatic heterocycles. The van der Waals surface area contributed by atoms with E-state index in [2.05, 4.69) is 17.0 Å². The van der Waals surface area contributed by atoms with Crippen molar-refractivity contribution in [3.8, 4) is 0 Å². The molecule has 1 aromatic rings. The fourth-order valence-electron chi connectivity index (χ4n) is 2.86. The topological polar surface area (TPSA) is 29.9 Å². The number of fused-ring (bicyclic) bond motifs is 1. The van der Waals surface area contributed by atoms with E-state index in [1.165, 1.54) is 37.1 Å². The average Bonchev–Trinajstić information content (AvgIpc) is 2.84. The van der Waals surface area contributed by atoms with Gasteiger partial charge in [0.05, 0.1) is 5.69 Å². The van der Waals surface area contributed by atoms with Crippen LogP contribution in [-0.2, 0) is 19.9 Å². The van der Waals surface area contributed by atoms with E-state index in [-0.39, 0.29) is 0 Å². The lowest BCUT2D eigenvalue weighted by Gasteiger charge is -2.05. The van der Waals surface area contributed by atoms with E-state index in [1.54, 1.807) is 5.56 Å². The molecule has 2 heterocycles. The summed E-state index contributed by atoms with van der Waals surface area (Å²) >= 11 is 0. The van der Waals surface area contributed by atoms with Gasteiger partial charge in [-0.05, 0) is 37.8 Å². The highest BCUT2D eigenvalue weighted by atomic mass is 15.3. The predicted octanol–water partition coefficient (Wildman–Crippen LogP) is 0.986. The van der Waals surface area contributed by atoms with Crippen LogP contribution in [0.25, 0.3) is 0 Å². The van der Waals surface area contributed by atoms with Crippen LogP contribution in [0.1, 0.15) is 35.7 Å². The van der Waals surface area contributed by atoms with Crippen molar-refractivity contribution in [3.63, 3.8) is 0 Å². The SMILES string of the molecule is Cn1nc(C2CCNC2)c2c1CCC2. The normalized spacial score (nSPS) is 25.6. The van der Waals surface area contributed by atoms with Crippen LogP contribution in [0.15, 0.2) is 0 Å². The lowest BCUT2D eigenvalue weighted by molar-refractivity contribution is 0.649. The maximum atomic E-state index is 4.69. The summed E-state index contributed by atoms with van der Waals surface area (Å²) in [6.07, 6.45) is 5.09. The predicted molar refractivity (Wildman–Crippen MR) is 55.5 cm³/mol. The van der Waals surface area contributed by atoms with Crippen LogP contribution < -0.4 is 5.32 Å². The first-order chi connectivity index (χ1) is 6.86. The summed E-state index contributed by atoms with van der Waals surface area (Å²) in [7, 11) is 2.09. The average molecular weight is 191 g/mol. The highest BCUT2D eigenvalue weighted by molar-refractivity contribution is 5.33. The molecule has 1 aliphatic heterocycles. The zero-order valence-electron chi connectivity index (χ0n) is 8.71. The van der Waals surface area contributed by atoms with Crippen LogP contribution in [0.5, 0.6) is 0 Å². The standard InChI is InChI=1S/C11H17N3/c1-14-10-4-2-3-9(10)11(13-14)8-5-6-12-7-8/h8,12H,2-7H2,1H3. The molecular weight excluding hydrogens is 174 g/mol. The molecule has 3 nitrogen and oxygen atoms in total. The molecule has 1 aliphatic carbocycles. The van der Waals surface area contributed by atoms with Gasteiger partial charge in [-0.2, -0.15) is 5.10 Å². The third-order valence-electron chi connectivity index (χ3n) is 3.59. The number of hydrogen-bond donors (Lipinski definition) is 1. The van der Waals surface area contributed by atoms with E-state index in [0.29, 0.717) is 5.92 Å². The molecule has 0 bridgehead atoms. The van der Waals surface area contributed by atoms with Gasteiger partial charge in [0, 0.05) is 25.2 Å². The van der Waals surface area contributed by atoms with Gasteiger partial charge in [-0.3, -0.25) is 4.68 Å². The third-order valence-corrected chi connectivity index (χ3v) is 3.59. The summed E-state index contributed by atoms with van der Waals surface area (Å²) < 4.78 is 2.11. The molecule has 0 spiro atoms. The van der Waals surface area contributed by atoms with E-state index in [4.69, 9.17) is 5.10 Å². The molecule has 1 saturated heterocycles. The molecule has 1 N–H and O–H groups in total. The summed E-state index contributed by atoms with van der Waals surface area (Å²) in [5.74, 6) is 0.683. The van der Waals surface area contributed by atoms with Crippen molar-refractivity contribution in [2.45, 2.75) is 31.6 Å².